The number of nitrogens with two attached hydrogens (primary N) is 1. The zero-order chi connectivity index (χ0) is 9.68. The van der Waals surface area contributed by atoms with Gasteiger partial charge in [0.15, 0.2) is 0 Å². The molecular formula is C9H12N4. The van der Waals surface area contributed by atoms with Gasteiger partial charge in [0.1, 0.15) is 5.82 Å². The predicted molar refractivity (Wildman–Crippen MR) is 51.1 cm³/mol. The van der Waals surface area contributed by atoms with Gasteiger partial charge in [-0.2, -0.15) is 5.26 Å². The highest BCUT2D eigenvalue weighted by Gasteiger charge is 1.97. The van der Waals surface area contributed by atoms with Crippen molar-refractivity contribution in [2.24, 2.45) is 5.73 Å². The van der Waals surface area contributed by atoms with E-state index >= 15 is 0 Å². The highest BCUT2D eigenvalue weighted by Crippen LogP contribution is 2.04. The molecule has 3 N–H and O–H groups in total. The fourth-order valence-corrected chi connectivity index (χ4v) is 0.862. The summed E-state index contributed by atoms with van der Waals surface area (Å²) in [7, 11) is 0. The summed E-state index contributed by atoms with van der Waals surface area (Å²) in [5, 5.41) is 11.6. The number of rotatable bonds is 3. The van der Waals surface area contributed by atoms with Crippen LogP contribution in [0.4, 0.5) is 5.82 Å². The Kier molecular flexibility index (Phi) is 3.23. The first-order chi connectivity index (χ1) is 6.22. The molecule has 0 spiro atoms. The van der Waals surface area contributed by atoms with Gasteiger partial charge in [0, 0.05) is 18.8 Å². The normalized spacial score (nSPS) is 11.8. The lowest BCUT2D eigenvalue weighted by Crippen LogP contribution is -2.25. The Labute approximate surface area is 77.4 Å². The molecule has 1 aromatic heterocycles. The topological polar surface area (TPSA) is 74.7 Å². The second kappa shape index (κ2) is 4.43. The second-order valence-corrected chi connectivity index (χ2v) is 2.90. The average molecular weight is 176 g/mol. The molecule has 0 aliphatic heterocycles. The zero-order valence-electron chi connectivity index (χ0n) is 7.49. The second-order valence-electron chi connectivity index (χ2n) is 2.90. The molecule has 1 aromatic rings. The van der Waals surface area contributed by atoms with Crippen molar-refractivity contribution >= 4 is 5.82 Å². The van der Waals surface area contributed by atoms with Crippen LogP contribution in [0.15, 0.2) is 18.3 Å². The molecule has 0 aromatic carbocycles. The molecule has 0 aliphatic carbocycles. The molecule has 0 saturated carbocycles. The average Bonchev–Trinajstić information content (AvgIpc) is 2.15. The Balaban J connectivity index is 2.63. The van der Waals surface area contributed by atoms with Crippen molar-refractivity contribution in [1.82, 2.24) is 4.98 Å². The molecular weight excluding hydrogens is 164 g/mol. The SMILES string of the molecule is CC(N)CNc1cc(C#N)ccn1. The van der Waals surface area contributed by atoms with E-state index in [1.54, 1.807) is 18.3 Å². The van der Waals surface area contributed by atoms with Gasteiger partial charge < -0.3 is 11.1 Å². The number of aromatic nitrogens is 1. The standard InChI is InChI=1S/C9H12N4/c1-7(11)6-13-9-4-8(5-10)2-3-12-9/h2-4,7H,6,11H2,1H3,(H,12,13). The van der Waals surface area contributed by atoms with Crippen LogP contribution >= 0.6 is 0 Å². The largest absolute Gasteiger partial charge is 0.368 e. The van der Waals surface area contributed by atoms with Crippen LogP contribution in [0.1, 0.15) is 12.5 Å². The van der Waals surface area contributed by atoms with Crippen LogP contribution in [-0.4, -0.2) is 17.6 Å². The van der Waals surface area contributed by atoms with E-state index in [-0.39, 0.29) is 6.04 Å². The van der Waals surface area contributed by atoms with Crippen LogP contribution in [0.5, 0.6) is 0 Å². The highest BCUT2D eigenvalue weighted by atomic mass is 15.0. The van der Waals surface area contributed by atoms with Gasteiger partial charge in [-0.3, -0.25) is 0 Å². The van der Waals surface area contributed by atoms with Gasteiger partial charge in [-0.15, -0.1) is 0 Å². The molecule has 1 rings (SSSR count). The first kappa shape index (κ1) is 9.49. The van der Waals surface area contributed by atoms with Crippen LogP contribution in [-0.2, 0) is 0 Å². The number of nitriles is 1. The lowest BCUT2D eigenvalue weighted by molar-refractivity contribution is 0.777. The Morgan fingerprint density at radius 3 is 3.15 bits per heavy atom. The van der Waals surface area contributed by atoms with E-state index in [2.05, 4.69) is 10.3 Å². The van der Waals surface area contributed by atoms with E-state index in [1.807, 2.05) is 13.0 Å². The fourth-order valence-electron chi connectivity index (χ4n) is 0.862. The van der Waals surface area contributed by atoms with Gasteiger partial charge >= 0.3 is 0 Å². The molecule has 0 radical (unpaired) electrons. The van der Waals surface area contributed by atoms with Crippen molar-refractivity contribution in [3.63, 3.8) is 0 Å². The first-order valence-electron chi connectivity index (χ1n) is 4.08. The lowest BCUT2D eigenvalue weighted by atomic mass is 10.3. The number of nitrogens with one attached hydrogen (secondary N) is 1. The minimum absolute atomic E-state index is 0.0764. The fraction of sp³-hybridized carbons (Fsp3) is 0.333. The molecule has 0 amide bonds. The van der Waals surface area contributed by atoms with Gasteiger partial charge in [-0.05, 0) is 19.1 Å². The van der Waals surface area contributed by atoms with Gasteiger partial charge in [-0.1, -0.05) is 0 Å². The summed E-state index contributed by atoms with van der Waals surface area (Å²) in [5.74, 6) is 0.691. The molecule has 68 valence electrons. The minimum atomic E-state index is 0.0764. The van der Waals surface area contributed by atoms with E-state index in [1.165, 1.54) is 0 Å². The van der Waals surface area contributed by atoms with Crippen LogP contribution in [0.2, 0.25) is 0 Å². The van der Waals surface area contributed by atoms with E-state index < -0.39 is 0 Å². The Morgan fingerprint density at radius 1 is 1.77 bits per heavy atom. The number of hydrogen-bond acceptors (Lipinski definition) is 4. The summed E-state index contributed by atoms with van der Waals surface area (Å²) in [5.41, 5.74) is 6.15. The number of nitrogens with zero attached hydrogens (tertiary/aromatic N) is 2. The maximum absolute atomic E-state index is 8.61. The Bertz CT molecular complexity index is 314. The van der Waals surface area contributed by atoms with Crippen LogP contribution in [0.25, 0.3) is 0 Å². The molecule has 4 nitrogen and oxygen atoms in total. The number of anilines is 1. The molecule has 0 fully saturated rings. The van der Waals surface area contributed by atoms with Crippen LogP contribution in [0, 0.1) is 11.3 Å². The quantitative estimate of drug-likeness (QED) is 0.711. The highest BCUT2D eigenvalue weighted by molar-refractivity contribution is 5.42. The van der Waals surface area contributed by atoms with Gasteiger partial charge in [0.25, 0.3) is 0 Å². The van der Waals surface area contributed by atoms with E-state index in [0.717, 1.165) is 0 Å². The molecule has 0 saturated heterocycles. The molecule has 0 bridgehead atoms. The maximum Gasteiger partial charge on any atom is 0.127 e. The number of pyridine rings is 1. The van der Waals surface area contributed by atoms with Gasteiger partial charge in [-0.25, -0.2) is 4.98 Å². The molecule has 1 atom stereocenters. The summed E-state index contributed by atoms with van der Waals surface area (Å²) < 4.78 is 0. The number of hydrogen-bond donors (Lipinski definition) is 2. The molecule has 13 heavy (non-hydrogen) atoms. The Hall–Kier alpha value is -1.60. The minimum Gasteiger partial charge on any atom is -0.368 e. The molecule has 1 heterocycles. The van der Waals surface area contributed by atoms with Gasteiger partial charge in [0.05, 0.1) is 11.6 Å². The first-order valence-corrected chi connectivity index (χ1v) is 4.08. The van der Waals surface area contributed by atoms with E-state index in [9.17, 15) is 0 Å². The van der Waals surface area contributed by atoms with Crippen molar-refractivity contribution in [3.05, 3.63) is 23.9 Å². The maximum atomic E-state index is 8.61. The van der Waals surface area contributed by atoms with Crippen molar-refractivity contribution < 1.29 is 0 Å². The van der Waals surface area contributed by atoms with Crippen molar-refractivity contribution in [2.75, 3.05) is 11.9 Å². The molecule has 0 aliphatic rings. The predicted octanol–water partition coefficient (Wildman–Crippen LogP) is 0.712. The summed E-state index contributed by atoms with van der Waals surface area (Å²) in [6.45, 7) is 2.56. The van der Waals surface area contributed by atoms with Crippen molar-refractivity contribution in [2.45, 2.75) is 13.0 Å². The third-order valence-electron chi connectivity index (χ3n) is 1.49. The zero-order valence-corrected chi connectivity index (χ0v) is 7.49. The lowest BCUT2D eigenvalue weighted by Gasteiger charge is -2.07. The van der Waals surface area contributed by atoms with E-state index in [4.69, 9.17) is 11.0 Å². The Morgan fingerprint density at radius 2 is 2.54 bits per heavy atom. The molecule has 4 heteroatoms. The van der Waals surface area contributed by atoms with Crippen molar-refractivity contribution in [1.29, 1.82) is 5.26 Å². The van der Waals surface area contributed by atoms with Crippen LogP contribution in [0.3, 0.4) is 0 Å². The van der Waals surface area contributed by atoms with E-state index in [0.29, 0.717) is 17.9 Å². The summed E-state index contributed by atoms with van der Waals surface area (Å²) in [4.78, 5) is 4.04. The summed E-state index contributed by atoms with van der Waals surface area (Å²) >= 11 is 0. The van der Waals surface area contributed by atoms with Gasteiger partial charge in [0.2, 0.25) is 0 Å². The third-order valence-corrected chi connectivity index (χ3v) is 1.49. The summed E-state index contributed by atoms with van der Waals surface area (Å²) in [6, 6.07) is 5.48. The molecule has 1 unspecified atom stereocenters. The smallest absolute Gasteiger partial charge is 0.127 e. The van der Waals surface area contributed by atoms with Crippen LogP contribution < -0.4 is 11.1 Å². The summed E-state index contributed by atoms with van der Waals surface area (Å²) in [6.07, 6.45) is 1.60. The van der Waals surface area contributed by atoms with Crippen molar-refractivity contribution in [3.8, 4) is 6.07 Å². The monoisotopic (exact) mass is 176 g/mol. The third kappa shape index (κ3) is 3.09.